The highest BCUT2D eigenvalue weighted by Gasteiger charge is 2.18. The van der Waals surface area contributed by atoms with Crippen molar-refractivity contribution in [3.63, 3.8) is 0 Å². The van der Waals surface area contributed by atoms with Crippen LogP contribution in [0.2, 0.25) is 0 Å². The predicted octanol–water partition coefficient (Wildman–Crippen LogP) is 3.36. The molecule has 0 fully saturated rings. The molecule has 0 aliphatic heterocycles. The number of aryl methyl sites for hydroxylation is 1. The van der Waals surface area contributed by atoms with E-state index in [1.54, 1.807) is 0 Å². The fourth-order valence-electron chi connectivity index (χ4n) is 2.21. The summed E-state index contributed by atoms with van der Waals surface area (Å²) in [5, 5.41) is 12.5. The van der Waals surface area contributed by atoms with Gasteiger partial charge in [-0.2, -0.15) is 0 Å². The number of carbonyl (C=O) groups is 1. The highest BCUT2D eigenvalue weighted by atomic mass is 16.4. The minimum absolute atomic E-state index is 0.466. The maximum atomic E-state index is 11.4. The molecule has 0 aliphatic carbocycles. The summed E-state index contributed by atoms with van der Waals surface area (Å²) >= 11 is 0. The van der Waals surface area contributed by atoms with E-state index >= 15 is 0 Å². The molecule has 104 valence electrons. The van der Waals surface area contributed by atoms with Crippen LogP contribution in [0, 0.1) is 0 Å². The van der Waals surface area contributed by atoms with Crippen molar-refractivity contribution in [1.29, 1.82) is 0 Å². The third-order valence-electron chi connectivity index (χ3n) is 3.31. The molecular weight excluding hydrogens is 250 g/mol. The molecular formula is C17H19NO2. The molecule has 0 radical (unpaired) electrons. The van der Waals surface area contributed by atoms with Crippen molar-refractivity contribution in [2.45, 2.75) is 25.8 Å². The molecule has 1 atom stereocenters. The van der Waals surface area contributed by atoms with Gasteiger partial charge in [0, 0.05) is 12.1 Å². The second-order valence-corrected chi connectivity index (χ2v) is 4.74. The van der Waals surface area contributed by atoms with Crippen LogP contribution in [0.1, 0.15) is 18.1 Å². The number of nitrogens with one attached hydrogen (secondary N) is 1. The third kappa shape index (κ3) is 3.60. The topological polar surface area (TPSA) is 49.3 Å². The average Bonchev–Trinajstić information content (AvgIpc) is 2.48. The van der Waals surface area contributed by atoms with Gasteiger partial charge in [-0.15, -0.1) is 0 Å². The largest absolute Gasteiger partial charge is 0.480 e. The Morgan fingerprint density at radius 1 is 1.10 bits per heavy atom. The zero-order valence-corrected chi connectivity index (χ0v) is 11.5. The Bertz CT molecular complexity index is 566. The van der Waals surface area contributed by atoms with Crippen LogP contribution in [-0.2, 0) is 17.6 Å². The molecule has 2 aromatic rings. The van der Waals surface area contributed by atoms with Gasteiger partial charge in [0.05, 0.1) is 0 Å². The van der Waals surface area contributed by atoms with Crippen LogP contribution in [0.5, 0.6) is 0 Å². The fourth-order valence-corrected chi connectivity index (χ4v) is 2.21. The van der Waals surface area contributed by atoms with E-state index in [-0.39, 0.29) is 0 Å². The number of para-hydroxylation sites is 1. The van der Waals surface area contributed by atoms with Crippen molar-refractivity contribution in [1.82, 2.24) is 0 Å². The summed E-state index contributed by atoms with van der Waals surface area (Å²) in [7, 11) is 0. The monoisotopic (exact) mass is 269 g/mol. The lowest BCUT2D eigenvalue weighted by atomic mass is 10.0. The van der Waals surface area contributed by atoms with Crippen molar-refractivity contribution in [3.05, 3.63) is 65.7 Å². The van der Waals surface area contributed by atoms with Gasteiger partial charge in [-0.3, -0.25) is 0 Å². The average molecular weight is 269 g/mol. The van der Waals surface area contributed by atoms with Crippen LogP contribution in [0.4, 0.5) is 5.69 Å². The zero-order valence-electron chi connectivity index (χ0n) is 11.5. The summed E-state index contributed by atoms with van der Waals surface area (Å²) in [6.07, 6.45) is 1.34. The van der Waals surface area contributed by atoms with E-state index < -0.39 is 12.0 Å². The molecule has 2 rings (SSSR count). The van der Waals surface area contributed by atoms with Gasteiger partial charge in [0.2, 0.25) is 0 Å². The van der Waals surface area contributed by atoms with Crippen molar-refractivity contribution in [3.8, 4) is 0 Å². The van der Waals surface area contributed by atoms with Crippen LogP contribution >= 0.6 is 0 Å². The molecule has 3 nitrogen and oxygen atoms in total. The van der Waals surface area contributed by atoms with Gasteiger partial charge >= 0.3 is 5.97 Å². The first-order valence-corrected chi connectivity index (χ1v) is 6.82. The molecule has 0 bridgehead atoms. The minimum atomic E-state index is -0.834. The highest BCUT2D eigenvalue weighted by Crippen LogP contribution is 2.18. The maximum Gasteiger partial charge on any atom is 0.326 e. The second kappa shape index (κ2) is 6.75. The molecule has 2 N–H and O–H groups in total. The highest BCUT2D eigenvalue weighted by molar-refractivity contribution is 5.78. The summed E-state index contributed by atoms with van der Waals surface area (Å²) in [6.45, 7) is 2.06. The number of aliphatic carboxylic acids is 1. The van der Waals surface area contributed by atoms with Gasteiger partial charge in [0.15, 0.2) is 0 Å². The Kier molecular flexibility index (Phi) is 4.77. The Morgan fingerprint density at radius 3 is 2.40 bits per heavy atom. The first kappa shape index (κ1) is 14.1. The molecule has 20 heavy (non-hydrogen) atoms. The zero-order chi connectivity index (χ0) is 14.4. The molecule has 0 aliphatic rings. The lowest BCUT2D eigenvalue weighted by Gasteiger charge is -2.18. The summed E-state index contributed by atoms with van der Waals surface area (Å²) in [6, 6.07) is 16.9. The molecule has 0 amide bonds. The van der Waals surface area contributed by atoms with E-state index in [4.69, 9.17) is 0 Å². The van der Waals surface area contributed by atoms with E-state index in [9.17, 15) is 9.90 Å². The van der Waals surface area contributed by atoms with Crippen LogP contribution < -0.4 is 5.32 Å². The molecule has 0 aromatic heterocycles. The molecule has 0 saturated heterocycles. The SMILES string of the molecule is CCc1ccccc1NC(Cc1ccccc1)C(=O)O. The first-order valence-electron chi connectivity index (χ1n) is 6.82. The van der Waals surface area contributed by atoms with Crippen LogP contribution in [0.25, 0.3) is 0 Å². The van der Waals surface area contributed by atoms with E-state index in [0.29, 0.717) is 6.42 Å². The standard InChI is InChI=1S/C17H19NO2/c1-2-14-10-6-7-11-15(14)18-16(17(19)20)12-13-8-4-3-5-9-13/h3-11,16,18H,2,12H2,1H3,(H,19,20). The summed E-state index contributed by atoms with van der Waals surface area (Å²) in [5.74, 6) is -0.834. The lowest BCUT2D eigenvalue weighted by Crippen LogP contribution is -2.31. The van der Waals surface area contributed by atoms with Crippen molar-refractivity contribution in [2.75, 3.05) is 5.32 Å². The Morgan fingerprint density at radius 2 is 1.75 bits per heavy atom. The van der Waals surface area contributed by atoms with Gasteiger partial charge in [0.1, 0.15) is 6.04 Å². The minimum Gasteiger partial charge on any atom is -0.480 e. The fraction of sp³-hybridized carbons (Fsp3) is 0.235. The quantitative estimate of drug-likeness (QED) is 0.845. The number of benzene rings is 2. The number of hydrogen-bond donors (Lipinski definition) is 2. The lowest BCUT2D eigenvalue weighted by molar-refractivity contribution is -0.137. The Labute approximate surface area is 119 Å². The molecule has 0 saturated carbocycles. The normalized spacial score (nSPS) is 11.8. The number of rotatable bonds is 6. The maximum absolute atomic E-state index is 11.4. The van der Waals surface area contributed by atoms with Crippen molar-refractivity contribution < 1.29 is 9.90 Å². The van der Waals surface area contributed by atoms with Gasteiger partial charge in [-0.25, -0.2) is 4.79 Å². The van der Waals surface area contributed by atoms with E-state index in [1.165, 1.54) is 0 Å². The van der Waals surface area contributed by atoms with Crippen LogP contribution in [0.3, 0.4) is 0 Å². The third-order valence-corrected chi connectivity index (χ3v) is 3.31. The smallest absolute Gasteiger partial charge is 0.326 e. The number of anilines is 1. The number of hydrogen-bond acceptors (Lipinski definition) is 2. The summed E-state index contributed by atoms with van der Waals surface area (Å²) in [4.78, 5) is 11.4. The van der Waals surface area contributed by atoms with Gasteiger partial charge in [-0.05, 0) is 23.6 Å². The van der Waals surface area contributed by atoms with Crippen LogP contribution in [0.15, 0.2) is 54.6 Å². The van der Waals surface area contributed by atoms with Crippen molar-refractivity contribution >= 4 is 11.7 Å². The predicted molar refractivity (Wildman–Crippen MR) is 81.0 cm³/mol. The molecule has 3 heteroatoms. The van der Waals surface area contributed by atoms with Crippen molar-refractivity contribution in [2.24, 2.45) is 0 Å². The summed E-state index contributed by atoms with van der Waals surface area (Å²) in [5.41, 5.74) is 3.05. The molecule has 2 aromatic carbocycles. The number of carboxylic acid groups (broad SMARTS) is 1. The first-order chi connectivity index (χ1) is 9.70. The second-order valence-electron chi connectivity index (χ2n) is 4.74. The Hall–Kier alpha value is -2.29. The molecule has 0 heterocycles. The summed E-state index contributed by atoms with van der Waals surface area (Å²) < 4.78 is 0. The van der Waals surface area contributed by atoms with Crippen LogP contribution in [-0.4, -0.2) is 17.1 Å². The van der Waals surface area contributed by atoms with E-state index in [2.05, 4.69) is 12.2 Å². The Balaban J connectivity index is 2.16. The number of carboxylic acids is 1. The van der Waals surface area contributed by atoms with E-state index in [0.717, 1.165) is 23.2 Å². The molecule has 1 unspecified atom stereocenters. The van der Waals surface area contributed by atoms with Gasteiger partial charge in [-0.1, -0.05) is 55.5 Å². The molecule has 0 spiro atoms. The van der Waals surface area contributed by atoms with E-state index in [1.807, 2.05) is 54.6 Å². The van der Waals surface area contributed by atoms with Gasteiger partial charge < -0.3 is 10.4 Å². The van der Waals surface area contributed by atoms with Gasteiger partial charge in [0.25, 0.3) is 0 Å².